The molecule has 10 nitrogen and oxygen atoms in total. The van der Waals surface area contributed by atoms with Crippen LogP contribution >= 0.6 is 0 Å². The van der Waals surface area contributed by atoms with E-state index in [1.165, 1.54) is 0 Å². The molecule has 1 fully saturated rings. The third kappa shape index (κ3) is 10.2. The van der Waals surface area contributed by atoms with Gasteiger partial charge in [-0.15, -0.1) is 0 Å². The Balaban J connectivity index is 2.50. The topological polar surface area (TPSA) is 116 Å². The second kappa shape index (κ2) is 11.7. The van der Waals surface area contributed by atoms with Crippen LogP contribution in [0.2, 0.25) is 0 Å². The van der Waals surface area contributed by atoms with E-state index in [0.29, 0.717) is 30.3 Å². The molecule has 1 aliphatic heterocycles. The number of carbonyl (C=O) groups excluding carboxylic acids is 3. The molecule has 1 aromatic rings. The second-order valence-corrected chi connectivity index (χ2v) is 12.2. The molecule has 1 aliphatic rings. The summed E-state index contributed by atoms with van der Waals surface area (Å²) < 4.78 is 22.0. The van der Waals surface area contributed by atoms with Crippen LogP contribution in [0.15, 0.2) is 6.07 Å². The van der Waals surface area contributed by atoms with Gasteiger partial charge >= 0.3 is 18.3 Å². The van der Waals surface area contributed by atoms with E-state index in [1.54, 1.807) is 75.3 Å². The summed E-state index contributed by atoms with van der Waals surface area (Å²) in [5, 5.41) is 2.71. The van der Waals surface area contributed by atoms with E-state index in [-0.39, 0.29) is 12.5 Å². The first kappa shape index (κ1) is 30.3. The maximum atomic E-state index is 13.1. The molecular weight excluding hydrogens is 478 g/mol. The van der Waals surface area contributed by atoms with Gasteiger partial charge in [0, 0.05) is 18.9 Å². The minimum absolute atomic E-state index is 0.0868. The summed E-state index contributed by atoms with van der Waals surface area (Å²) in [5.41, 5.74) is -0.154. The summed E-state index contributed by atoms with van der Waals surface area (Å²) in [6.07, 6.45) is -0.734. The number of anilines is 1. The lowest BCUT2D eigenvalue weighted by molar-refractivity contribution is -0.000439. The Hall–Kier alpha value is -2.88. The van der Waals surface area contributed by atoms with Crippen LogP contribution in [0.1, 0.15) is 97.9 Å². The molecule has 0 radical (unpaired) electrons. The molecule has 0 atom stereocenters. The van der Waals surface area contributed by atoms with Crippen LogP contribution < -0.4 is 5.32 Å². The van der Waals surface area contributed by atoms with Crippen LogP contribution in [0.5, 0.6) is 0 Å². The zero-order valence-electron chi connectivity index (χ0n) is 23.9. The molecule has 0 aromatic carbocycles. The van der Waals surface area contributed by atoms with Crippen LogP contribution in [0, 0.1) is 6.92 Å². The number of hydrogen-bond acceptors (Lipinski definition) is 8. The fourth-order valence-corrected chi connectivity index (χ4v) is 3.77. The SMILES string of the molecule is Cc1nc(NC(=O)OC(C)(C)C)cc(C2CCOCC2)c1CN(C(=O)OC(C)(C)C)C(=O)OC(C)(C)C. The van der Waals surface area contributed by atoms with Gasteiger partial charge in [-0.05, 0) is 105 Å². The average Bonchev–Trinajstić information content (AvgIpc) is 2.69. The number of hydrogen-bond donors (Lipinski definition) is 1. The molecular formula is C27H43N3O7. The fourth-order valence-electron chi connectivity index (χ4n) is 3.77. The van der Waals surface area contributed by atoms with Gasteiger partial charge in [0.15, 0.2) is 0 Å². The number of rotatable bonds is 4. The van der Waals surface area contributed by atoms with Crippen molar-refractivity contribution in [1.29, 1.82) is 0 Å². The smallest absolute Gasteiger partial charge is 0.420 e. The van der Waals surface area contributed by atoms with Gasteiger partial charge in [0.25, 0.3) is 0 Å². The highest BCUT2D eigenvalue weighted by Gasteiger charge is 2.33. The molecule has 1 N–H and O–H groups in total. The molecule has 1 saturated heterocycles. The molecule has 2 heterocycles. The third-order valence-corrected chi connectivity index (χ3v) is 5.20. The Kier molecular flexibility index (Phi) is 9.57. The molecule has 0 unspecified atom stereocenters. The lowest BCUT2D eigenvalue weighted by Crippen LogP contribution is -2.43. The van der Waals surface area contributed by atoms with Gasteiger partial charge in [0.05, 0.1) is 6.54 Å². The van der Waals surface area contributed by atoms with Crippen molar-refractivity contribution in [3.63, 3.8) is 0 Å². The molecule has 1 aromatic heterocycles. The highest BCUT2D eigenvalue weighted by Crippen LogP contribution is 2.33. The number of carbonyl (C=O) groups is 3. The number of nitrogens with one attached hydrogen (secondary N) is 1. The number of imide groups is 1. The van der Waals surface area contributed by atoms with Crippen molar-refractivity contribution >= 4 is 24.1 Å². The van der Waals surface area contributed by atoms with Gasteiger partial charge < -0.3 is 18.9 Å². The molecule has 0 aliphatic carbocycles. The summed E-state index contributed by atoms with van der Waals surface area (Å²) in [6.45, 7) is 18.6. The third-order valence-electron chi connectivity index (χ3n) is 5.20. The zero-order valence-corrected chi connectivity index (χ0v) is 23.9. The standard InChI is InChI=1S/C27H43N3O7/c1-17-20(16-30(23(32)36-26(5,6)7)24(33)37-27(8,9)10)19(18-11-13-34-14-12-18)15-21(28-17)29-22(31)35-25(2,3)4/h15,18H,11-14,16H2,1-10H3,(H,28,29,31). The van der Waals surface area contributed by atoms with Gasteiger partial charge in [0.1, 0.15) is 22.6 Å². The minimum Gasteiger partial charge on any atom is -0.444 e. The molecule has 2 rings (SSSR count). The van der Waals surface area contributed by atoms with Crippen LogP contribution in [0.4, 0.5) is 20.2 Å². The Morgan fingerprint density at radius 2 is 1.41 bits per heavy atom. The molecule has 10 heteroatoms. The maximum Gasteiger partial charge on any atom is 0.420 e. The van der Waals surface area contributed by atoms with E-state index in [2.05, 4.69) is 10.3 Å². The van der Waals surface area contributed by atoms with Crippen LogP contribution in [-0.4, -0.2) is 58.2 Å². The van der Waals surface area contributed by atoms with Gasteiger partial charge in [-0.3, -0.25) is 5.32 Å². The van der Waals surface area contributed by atoms with Crippen molar-refractivity contribution in [3.05, 3.63) is 22.9 Å². The monoisotopic (exact) mass is 521 g/mol. The van der Waals surface area contributed by atoms with E-state index in [9.17, 15) is 14.4 Å². The normalized spacial score (nSPS) is 15.1. The quantitative estimate of drug-likeness (QED) is 0.459. The summed E-state index contributed by atoms with van der Waals surface area (Å²) in [5.74, 6) is 0.418. The number of nitrogens with zero attached hydrogens (tertiary/aromatic N) is 2. The molecule has 208 valence electrons. The van der Waals surface area contributed by atoms with Crippen molar-refractivity contribution in [2.24, 2.45) is 0 Å². The predicted octanol–water partition coefficient (Wildman–Crippen LogP) is 6.30. The van der Waals surface area contributed by atoms with Crippen LogP contribution in [-0.2, 0) is 25.5 Å². The second-order valence-electron chi connectivity index (χ2n) is 12.2. The first-order valence-electron chi connectivity index (χ1n) is 12.7. The predicted molar refractivity (Wildman–Crippen MR) is 140 cm³/mol. The molecule has 3 amide bonds. The van der Waals surface area contributed by atoms with E-state index in [1.807, 2.05) is 0 Å². The lowest BCUT2D eigenvalue weighted by Gasteiger charge is -2.31. The summed E-state index contributed by atoms with van der Waals surface area (Å²) in [4.78, 5) is 44.2. The molecule has 37 heavy (non-hydrogen) atoms. The first-order valence-corrected chi connectivity index (χ1v) is 12.7. The van der Waals surface area contributed by atoms with Gasteiger partial charge in [-0.1, -0.05) is 0 Å². The number of amides is 3. The van der Waals surface area contributed by atoms with Crippen LogP contribution in [0.25, 0.3) is 0 Å². The number of aromatic nitrogens is 1. The average molecular weight is 522 g/mol. The summed E-state index contributed by atoms with van der Waals surface area (Å²) in [6, 6.07) is 1.78. The molecule has 0 saturated carbocycles. The highest BCUT2D eigenvalue weighted by molar-refractivity contribution is 5.88. The van der Waals surface area contributed by atoms with Crippen molar-refractivity contribution in [1.82, 2.24) is 9.88 Å². The summed E-state index contributed by atoms with van der Waals surface area (Å²) in [7, 11) is 0. The van der Waals surface area contributed by atoms with Gasteiger partial charge in [-0.2, -0.15) is 0 Å². The number of ether oxygens (including phenoxy) is 4. The van der Waals surface area contributed by atoms with Gasteiger partial charge in [0.2, 0.25) is 0 Å². The maximum absolute atomic E-state index is 13.1. The Morgan fingerprint density at radius 1 is 0.919 bits per heavy atom. The van der Waals surface area contributed by atoms with Crippen molar-refractivity contribution in [2.45, 2.75) is 111 Å². The molecule has 0 bridgehead atoms. The highest BCUT2D eigenvalue weighted by atomic mass is 16.6. The Labute approximate surface area is 220 Å². The number of pyridine rings is 1. The van der Waals surface area contributed by atoms with Crippen molar-refractivity contribution in [3.8, 4) is 0 Å². The van der Waals surface area contributed by atoms with Crippen molar-refractivity contribution < 1.29 is 33.3 Å². The Morgan fingerprint density at radius 3 is 1.86 bits per heavy atom. The van der Waals surface area contributed by atoms with Crippen LogP contribution in [0.3, 0.4) is 0 Å². The molecule has 0 spiro atoms. The Bertz CT molecular complexity index is 953. The minimum atomic E-state index is -0.810. The van der Waals surface area contributed by atoms with Gasteiger partial charge in [-0.25, -0.2) is 24.3 Å². The van der Waals surface area contributed by atoms with E-state index in [0.717, 1.165) is 23.3 Å². The first-order chi connectivity index (χ1) is 16.8. The van der Waals surface area contributed by atoms with Crippen molar-refractivity contribution in [2.75, 3.05) is 18.5 Å². The number of aryl methyl sites for hydroxylation is 1. The van der Waals surface area contributed by atoms with E-state index in [4.69, 9.17) is 18.9 Å². The zero-order chi connectivity index (χ0) is 28.2. The van der Waals surface area contributed by atoms with E-state index < -0.39 is 35.1 Å². The largest absolute Gasteiger partial charge is 0.444 e. The fraction of sp³-hybridized carbons (Fsp3) is 0.704. The summed E-state index contributed by atoms with van der Waals surface area (Å²) >= 11 is 0. The van der Waals surface area contributed by atoms with E-state index >= 15 is 0 Å². The lowest BCUT2D eigenvalue weighted by atomic mass is 9.87.